The van der Waals surface area contributed by atoms with Crippen molar-refractivity contribution in [3.05, 3.63) is 54.4 Å². The second kappa shape index (κ2) is 8.76. The van der Waals surface area contributed by atoms with Crippen molar-refractivity contribution in [2.75, 3.05) is 19.6 Å². The van der Waals surface area contributed by atoms with Crippen molar-refractivity contribution in [1.29, 1.82) is 0 Å². The van der Waals surface area contributed by atoms with Crippen molar-refractivity contribution in [2.45, 2.75) is 45.1 Å². The van der Waals surface area contributed by atoms with Gasteiger partial charge in [-0.25, -0.2) is 0 Å². The van der Waals surface area contributed by atoms with Gasteiger partial charge >= 0.3 is 0 Å². The quantitative estimate of drug-likeness (QED) is 0.757. The lowest BCUT2D eigenvalue weighted by Crippen LogP contribution is -2.61. The Hall–Kier alpha value is -2.69. The highest BCUT2D eigenvalue weighted by molar-refractivity contribution is 5.90. The summed E-state index contributed by atoms with van der Waals surface area (Å²) >= 11 is 0. The second-order valence-corrected chi connectivity index (χ2v) is 8.10. The van der Waals surface area contributed by atoms with Crippen LogP contribution < -0.4 is 0 Å². The van der Waals surface area contributed by atoms with Crippen molar-refractivity contribution in [1.82, 2.24) is 14.8 Å². The van der Waals surface area contributed by atoms with Crippen molar-refractivity contribution in [3.63, 3.8) is 0 Å². The smallest absolute Gasteiger partial charge is 0.245 e. The molecule has 2 aromatic rings. The first-order valence-corrected chi connectivity index (χ1v) is 10.8. The third-order valence-electron chi connectivity index (χ3n) is 6.24. The molecule has 5 heteroatoms. The monoisotopic (exact) mass is 391 g/mol. The highest BCUT2D eigenvalue weighted by Crippen LogP contribution is 2.32. The van der Waals surface area contributed by atoms with E-state index in [1.165, 1.54) is 0 Å². The van der Waals surface area contributed by atoms with Crippen molar-refractivity contribution < 1.29 is 9.59 Å². The number of hydrogen-bond acceptors (Lipinski definition) is 3. The molecule has 152 valence electrons. The fourth-order valence-corrected chi connectivity index (χ4v) is 4.40. The second-order valence-electron chi connectivity index (χ2n) is 8.10. The maximum atomic E-state index is 13.3. The minimum atomic E-state index is -0.411. The molecule has 5 nitrogen and oxygen atoms in total. The van der Waals surface area contributed by atoms with Gasteiger partial charge in [-0.3, -0.25) is 14.6 Å². The van der Waals surface area contributed by atoms with Crippen LogP contribution in [0.4, 0.5) is 0 Å². The van der Waals surface area contributed by atoms with Crippen LogP contribution in [0.3, 0.4) is 0 Å². The number of amides is 2. The Kier molecular flexibility index (Phi) is 5.93. The first-order chi connectivity index (χ1) is 14.2. The van der Waals surface area contributed by atoms with E-state index < -0.39 is 6.04 Å². The third-order valence-corrected chi connectivity index (χ3v) is 6.24. The van der Waals surface area contributed by atoms with E-state index in [1.807, 2.05) is 34.1 Å². The van der Waals surface area contributed by atoms with Crippen LogP contribution >= 0.6 is 0 Å². The Bertz CT molecular complexity index is 863. The Morgan fingerprint density at radius 1 is 1.10 bits per heavy atom. The van der Waals surface area contributed by atoms with Gasteiger partial charge in [-0.05, 0) is 48.1 Å². The van der Waals surface area contributed by atoms with Gasteiger partial charge in [0.05, 0.1) is 0 Å². The lowest BCUT2D eigenvalue weighted by atomic mass is 9.83. The Labute approximate surface area is 172 Å². The van der Waals surface area contributed by atoms with Gasteiger partial charge in [0.15, 0.2) is 0 Å². The summed E-state index contributed by atoms with van der Waals surface area (Å²) in [5, 5.41) is 0. The van der Waals surface area contributed by atoms with Crippen LogP contribution in [0.5, 0.6) is 0 Å². The molecule has 1 saturated carbocycles. The van der Waals surface area contributed by atoms with Gasteiger partial charge in [0.1, 0.15) is 6.04 Å². The maximum Gasteiger partial charge on any atom is 0.245 e. The number of aromatic nitrogens is 1. The minimum absolute atomic E-state index is 0.0929. The van der Waals surface area contributed by atoms with Crippen LogP contribution in [-0.2, 0) is 16.0 Å². The SMILES string of the molecule is CCCN1CCN(C(=O)C2CCC2)[C@@H](Cc2ccccc2-c2ccncc2)C1=O. The van der Waals surface area contributed by atoms with E-state index in [0.29, 0.717) is 19.5 Å². The van der Waals surface area contributed by atoms with Gasteiger partial charge in [0.25, 0.3) is 0 Å². The summed E-state index contributed by atoms with van der Waals surface area (Å²) in [5.74, 6) is 0.376. The zero-order valence-electron chi connectivity index (χ0n) is 17.1. The molecule has 1 saturated heterocycles. The van der Waals surface area contributed by atoms with E-state index in [1.54, 1.807) is 12.4 Å². The molecular weight excluding hydrogens is 362 g/mol. The zero-order valence-corrected chi connectivity index (χ0v) is 17.1. The summed E-state index contributed by atoms with van der Waals surface area (Å²) in [6.45, 7) is 4.14. The van der Waals surface area contributed by atoms with E-state index in [0.717, 1.165) is 48.9 Å². The average Bonchev–Trinajstić information content (AvgIpc) is 2.71. The van der Waals surface area contributed by atoms with Crippen LogP contribution in [0, 0.1) is 5.92 Å². The molecule has 29 heavy (non-hydrogen) atoms. The fraction of sp³-hybridized carbons (Fsp3) is 0.458. The molecule has 1 aromatic carbocycles. The van der Waals surface area contributed by atoms with Crippen LogP contribution in [-0.4, -0.2) is 52.3 Å². The van der Waals surface area contributed by atoms with E-state index in [4.69, 9.17) is 0 Å². The number of pyridine rings is 1. The number of hydrogen-bond donors (Lipinski definition) is 0. The Balaban J connectivity index is 1.64. The molecule has 1 aromatic heterocycles. The first-order valence-electron chi connectivity index (χ1n) is 10.8. The van der Waals surface area contributed by atoms with E-state index in [2.05, 4.69) is 24.0 Å². The molecule has 0 bridgehead atoms. The highest BCUT2D eigenvalue weighted by atomic mass is 16.2. The minimum Gasteiger partial charge on any atom is -0.339 e. The molecule has 1 atom stereocenters. The highest BCUT2D eigenvalue weighted by Gasteiger charge is 2.40. The molecule has 0 unspecified atom stereocenters. The first kappa shape index (κ1) is 19.6. The number of carbonyl (C=O) groups excluding carboxylic acids is 2. The Morgan fingerprint density at radius 2 is 1.86 bits per heavy atom. The number of rotatable bonds is 6. The molecule has 0 spiro atoms. The summed E-state index contributed by atoms with van der Waals surface area (Å²) in [5.41, 5.74) is 3.29. The summed E-state index contributed by atoms with van der Waals surface area (Å²) in [6, 6.07) is 11.8. The molecule has 0 radical (unpaired) electrons. The van der Waals surface area contributed by atoms with E-state index >= 15 is 0 Å². The maximum absolute atomic E-state index is 13.3. The normalized spacial score (nSPS) is 19.9. The predicted molar refractivity (Wildman–Crippen MR) is 113 cm³/mol. The van der Waals surface area contributed by atoms with Crippen LogP contribution in [0.25, 0.3) is 11.1 Å². The van der Waals surface area contributed by atoms with Gasteiger partial charge in [0, 0.05) is 44.4 Å². The van der Waals surface area contributed by atoms with Crippen molar-refractivity contribution in [2.24, 2.45) is 5.92 Å². The predicted octanol–water partition coefficient (Wildman–Crippen LogP) is 3.54. The van der Waals surface area contributed by atoms with E-state index in [-0.39, 0.29) is 17.7 Å². The summed E-state index contributed by atoms with van der Waals surface area (Å²) in [6.07, 6.45) is 8.10. The summed E-state index contributed by atoms with van der Waals surface area (Å²) in [7, 11) is 0. The van der Waals surface area contributed by atoms with Gasteiger partial charge in [-0.15, -0.1) is 0 Å². The van der Waals surface area contributed by atoms with Gasteiger partial charge in [-0.1, -0.05) is 37.6 Å². The zero-order chi connectivity index (χ0) is 20.2. The summed E-state index contributed by atoms with van der Waals surface area (Å²) < 4.78 is 0. The van der Waals surface area contributed by atoms with Crippen molar-refractivity contribution in [3.8, 4) is 11.1 Å². The van der Waals surface area contributed by atoms with Crippen molar-refractivity contribution >= 4 is 11.8 Å². The van der Waals surface area contributed by atoms with Gasteiger partial charge in [0.2, 0.25) is 11.8 Å². The lowest BCUT2D eigenvalue weighted by Gasteiger charge is -2.43. The van der Waals surface area contributed by atoms with Crippen LogP contribution in [0.1, 0.15) is 38.2 Å². The standard InChI is InChI=1S/C24H29N3O2/c1-2-14-26-15-16-27(23(28)19-7-5-8-19)22(24(26)29)17-20-6-3-4-9-21(20)18-10-12-25-13-11-18/h3-4,6,9-13,19,22H,2,5,7-8,14-17H2,1H3/t22-/m0/s1. The molecule has 2 aliphatic rings. The van der Waals surface area contributed by atoms with E-state index in [9.17, 15) is 9.59 Å². The molecule has 0 N–H and O–H groups in total. The lowest BCUT2D eigenvalue weighted by molar-refractivity contribution is -0.155. The molecule has 4 rings (SSSR count). The number of benzene rings is 1. The fourth-order valence-electron chi connectivity index (χ4n) is 4.40. The number of nitrogens with zero attached hydrogens (tertiary/aromatic N) is 3. The number of carbonyl (C=O) groups is 2. The molecule has 2 fully saturated rings. The van der Waals surface area contributed by atoms with Crippen LogP contribution in [0.15, 0.2) is 48.8 Å². The molecular formula is C24H29N3O2. The topological polar surface area (TPSA) is 53.5 Å². The molecule has 2 heterocycles. The third kappa shape index (κ3) is 4.04. The number of piperazine rings is 1. The van der Waals surface area contributed by atoms with Gasteiger partial charge < -0.3 is 9.80 Å². The van der Waals surface area contributed by atoms with Gasteiger partial charge in [-0.2, -0.15) is 0 Å². The largest absolute Gasteiger partial charge is 0.339 e. The Morgan fingerprint density at radius 3 is 2.55 bits per heavy atom. The molecule has 1 aliphatic heterocycles. The molecule has 2 amide bonds. The average molecular weight is 392 g/mol. The molecule has 1 aliphatic carbocycles. The van der Waals surface area contributed by atoms with Crippen LogP contribution in [0.2, 0.25) is 0 Å². The summed E-state index contributed by atoms with van der Waals surface area (Å²) in [4.78, 5) is 34.4.